The molecule has 0 radical (unpaired) electrons. The Morgan fingerprint density at radius 3 is 2.47 bits per heavy atom. The van der Waals surface area contributed by atoms with Crippen LogP contribution < -0.4 is 10.9 Å². The van der Waals surface area contributed by atoms with Crippen LogP contribution in [0.25, 0.3) is 0 Å². The first kappa shape index (κ1) is 12.2. The molecule has 0 spiro atoms. The summed E-state index contributed by atoms with van der Waals surface area (Å²) in [4.78, 5) is 0.199. The number of benzene rings is 1. The first-order valence-corrected chi connectivity index (χ1v) is 6.30. The van der Waals surface area contributed by atoms with Crippen molar-refractivity contribution >= 4 is 10.0 Å². The Bertz CT molecular complexity index is 429. The molecule has 84 valence electrons. The Labute approximate surface area is 90.3 Å². The highest BCUT2D eigenvalue weighted by molar-refractivity contribution is 7.89. The van der Waals surface area contributed by atoms with E-state index in [1.165, 1.54) is 6.07 Å². The molecule has 0 amide bonds. The van der Waals surface area contributed by atoms with Crippen LogP contribution in [0.3, 0.4) is 0 Å². The van der Waals surface area contributed by atoms with Crippen molar-refractivity contribution in [2.45, 2.75) is 18.2 Å². The molecule has 0 bridgehead atoms. The van der Waals surface area contributed by atoms with Gasteiger partial charge in [-0.1, -0.05) is 25.1 Å². The fraction of sp³-hybridized carbons (Fsp3) is 0.400. The van der Waals surface area contributed by atoms with Crippen LogP contribution in [-0.2, 0) is 16.4 Å². The third-order valence-electron chi connectivity index (χ3n) is 2.25. The number of nitrogens with two attached hydrogens (primary N) is 2. The third-order valence-corrected chi connectivity index (χ3v) is 3.26. The smallest absolute Gasteiger partial charge is 0.238 e. The van der Waals surface area contributed by atoms with Gasteiger partial charge in [0.05, 0.1) is 4.90 Å². The standard InChI is InChI=1S/C10H16N2O2S/c1-8(7-11)6-9-4-2-3-5-10(9)15(12,13)14/h2-5,8H,6-7,11H2,1H3,(H2,12,13,14). The maximum atomic E-state index is 11.3. The van der Waals surface area contributed by atoms with Gasteiger partial charge in [-0.3, -0.25) is 0 Å². The lowest BCUT2D eigenvalue weighted by atomic mass is 10.0. The van der Waals surface area contributed by atoms with Crippen LogP contribution in [0.5, 0.6) is 0 Å². The zero-order valence-electron chi connectivity index (χ0n) is 8.68. The van der Waals surface area contributed by atoms with Gasteiger partial charge in [0.25, 0.3) is 0 Å². The number of sulfonamides is 1. The van der Waals surface area contributed by atoms with E-state index in [-0.39, 0.29) is 10.8 Å². The minimum atomic E-state index is -3.63. The van der Waals surface area contributed by atoms with E-state index in [0.29, 0.717) is 13.0 Å². The molecule has 4 nitrogen and oxygen atoms in total. The van der Waals surface area contributed by atoms with Gasteiger partial charge in [-0.2, -0.15) is 0 Å². The molecule has 1 aromatic carbocycles. The third kappa shape index (κ3) is 3.30. The van der Waals surface area contributed by atoms with Crippen molar-refractivity contribution in [3.8, 4) is 0 Å². The first-order valence-electron chi connectivity index (χ1n) is 4.76. The van der Waals surface area contributed by atoms with Crippen molar-refractivity contribution < 1.29 is 8.42 Å². The summed E-state index contributed by atoms with van der Waals surface area (Å²) in [7, 11) is -3.63. The fourth-order valence-electron chi connectivity index (χ4n) is 1.41. The molecule has 5 heteroatoms. The van der Waals surface area contributed by atoms with Crippen molar-refractivity contribution in [3.05, 3.63) is 29.8 Å². The average Bonchev–Trinajstić information content (AvgIpc) is 2.17. The van der Waals surface area contributed by atoms with Crippen LogP contribution >= 0.6 is 0 Å². The van der Waals surface area contributed by atoms with Crippen LogP contribution in [0, 0.1) is 5.92 Å². The van der Waals surface area contributed by atoms with E-state index in [2.05, 4.69) is 0 Å². The molecule has 1 rings (SSSR count). The van der Waals surface area contributed by atoms with E-state index in [9.17, 15) is 8.42 Å². The molecule has 0 saturated heterocycles. The van der Waals surface area contributed by atoms with Crippen molar-refractivity contribution in [1.82, 2.24) is 0 Å². The Kier molecular flexibility index (Phi) is 3.84. The van der Waals surface area contributed by atoms with Gasteiger partial charge in [-0.05, 0) is 30.5 Å². The number of hydrogen-bond acceptors (Lipinski definition) is 3. The monoisotopic (exact) mass is 228 g/mol. The summed E-state index contributed by atoms with van der Waals surface area (Å²) >= 11 is 0. The molecular formula is C10H16N2O2S. The molecule has 15 heavy (non-hydrogen) atoms. The van der Waals surface area contributed by atoms with Gasteiger partial charge in [0.15, 0.2) is 0 Å². The molecule has 1 atom stereocenters. The molecular weight excluding hydrogens is 212 g/mol. The van der Waals surface area contributed by atoms with Gasteiger partial charge in [-0.25, -0.2) is 13.6 Å². The molecule has 0 aliphatic carbocycles. The van der Waals surface area contributed by atoms with Crippen LogP contribution in [0.1, 0.15) is 12.5 Å². The van der Waals surface area contributed by atoms with Crippen LogP contribution in [0.4, 0.5) is 0 Å². The lowest BCUT2D eigenvalue weighted by Gasteiger charge is -2.11. The molecule has 0 aromatic heterocycles. The van der Waals surface area contributed by atoms with E-state index in [1.54, 1.807) is 18.2 Å². The summed E-state index contributed by atoms with van der Waals surface area (Å²) in [5.41, 5.74) is 6.23. The quantitative estimate of drug-likeness (QED) is 0.785. The highest BCUT2D eigenvalue weighted by Crippen LogP contribution is 2.17. The predicted molar refractivity (Wildman–Crippen MR) is 59.7 cm³/mol. The Morgan fingerprint density at radius 1 is 1.33 bits per heavy atom. The zero-order valence-corrected chi connectivity index (χ0v) is 9.50. The Morgan fingerprint density at radius 2 is 1.93 bits per heavy atom. The summed E-state index contributed by atoms with van der Waals surface area (Å²) < 4.78 is 22.5. The van der Waals surface area contributed by atoms with E-state index >= 15 is 0 Å². The molecule has 1 aromatic rings. The second kappa shape index (κ2) is 4.74. The normalized spacial score (nSPS) is 13.8. The zero-order chi connectivity index (χ0) is 11.5. The van der Waals surface area contributed by atoms with Crippen molar-refractivity contribution in [1.29, 1.82) is 0 Å². The van der Waals surface area contributed by atoms with Gasteiger partial charge in [0.1, 0.15) is 0 Å². The Hall–Kier alpha value is -0.910. The highest BCUT2D eigenvalue weighted by Gasteiger charge is 2.14. The largest absolute Gasteiger partial charge is 0.330 e. The minimum Gasteiger partial charge on any atom is -0.330 e. The van der Waals surface area contributed by atoms with Gasteiger partial charge >= 0.3 is 0 Å². The predicted octanol–water partition coefficient (Wildman–Crippen LogP) is 0.471. The topological polar surface area (TPSA) is 86.2 Å². The fourth-order valence-corrected chi connectivity index (χ4v) is 2.19. The molecule has 0 aliphatic rings. The highest BCUT2D eigenvalue weighted by atomic mass is 32.2. The maximum Gasteiger partial charge on any atom is 0.238 e. The van der Waals surface area contributed by atoms with E-state index in [4.69, 9.17) is 10.9 Å². The van der Waals surface area contributed by atoms with Gasteiger partial charge in [-0.15, -0.1) is 0 Å². The summed E-state index contributed by atoms with van der Waals surface area (Å²) in [6.45, 7) is 2.50. The number of rotatable bonds is 4. The molecule has 4 N–H and O–H groups in total. The average molecular weight is 228 g/mol. The van der Waals surface area contributed by atoms with Crippen LogP contribution in [0.15, 0.2) is 29.2 Å². The SMILES string of the molecule is CC(CN)Cc1ccccc1S(N)(=O)=O. The summed E-state index contributed by atoms with van der Waals surface area (Å²) in [5, 5.41) is 5.12. The molecule has 0 fully saturated rings. The second-order valence-corrected chi connectivity index (χ2v) is 5.23. The van der Waals surface area contributed by atoms with Crippen molar-refractivity contribution in [2.24, 2.45) is 16.8 Å². The van der Waals surface area contributed by atoms with Gasteiger partial charge < -0.3 is 5.73 Å². The second-order valence-electron chi connectivity index (χ2n) is 3.70. The lowest BCUT2D eigenvalue weighted by Crippen LogP contribution is -2.18. The minimum absolute atomic E-state index is 0.199. The van der Waals surface area contributed by atoms with E-state index in [0.717, 1.165) is 5.56 Å². The van der Waals surface area contributed by atoms with Crippen LogP contribution in [0.2, 0.25) is 0 Å². The van der Waals surface area contributed by atoms with Gasteiger partial charge in [0, 0.05) is 0 Å². The number of hydrogen-bond donors (Lipinski definition) is 2. The van der Waals surface area contributed by atoms with Gasteiger partial charge in [0.2, 0.25) is 10.0 Å². The summed E-state index contributed by atoms with van der Waals surface area (Å²) in [6.07, 6.45) is 0.628. The summed E-state index contributed by atoms with van der Waals surface area (Å²) in [5.74, 6) is 0.243. The molecule has 0 saturated carbocycles. The molecule has 1 unspecified atom stereocenters. The molecule has 0 heterocycles. The van der Waals surface area contributed by atoms with E-state index < -0.39 is 10.0 Å². The Balaban J connectivity index is 3.08. The summed E-state index contributed by atoms with van der Waals surface area (Å²) in [6, 6.07) is 6.75. The maximum absolute atomic E-state index is 11.3. The lowest BCUT2D eigenvalue weighted by molar-refractivity contribution is 0.577. The van der Waals surface area contributed by atoms with Crippen molar-refractivity contribution in [2.75, 3.05) is 6.54 Å². The number of primary sulfonamides is 1. The van der Waals surface area contributed by atoms with E-state index in [1.807, 2.05) is 6.92 Å². The first-order chi connectivity index (χ1) is 6.95. The van der Waals surface area contributed by atoms with Crippen molar-refractivity contribution in [3.63, 3.8) is 0 Å². The van der Waals surface area contributed by atoms with Crippen LogP contribution in [-0.4, -0.2) is 15.0 Å². The molecule has 0 aliphatic heterocycles.